The summed E-state index contributed by atoms with van der Waals surface area (Å²) < 4.78 is 101. The summed E-state index contributed by atoms with van der Waals surface area (Å²) in [6, 6.07) is -12.0. The maximum Gasteiger partial charge on any atom is 0.450 e. The molecule has 7 nitrogen and oxygen atoms in total. The van der Waals surface area contributed by atoms with Gasteiger partial charge in [0, 0.05) is 10.4 Å². The van der Waals surface area contributed by atoms with Crippen molar-refractivity contribution in [3.8, 4) is 0 Å². The molecule has 0 saturated carbocycles. The molecule has 0 aromatic heterocycles. The average molecular weight is 332 g/mol. The number of halogens is 8. The van der Waals surface area contributed by atoms with E-state index in [1.54, 1.807) is 0 Å². The lowest BCUT2D eigenvalue weighted by Crippen LogP contribution is -2.52. The summed E-state index contributed by atoms with van der Waals surface area (Å²) in [6.07, 6.45) is 0. The number of ether oxygens (including phenoxy) is 1. The maximum atomic E-state index is 12.5. The first-order valence-corrected chi connectivity index (χ1v) is 4.14. The molecule has 21 heavy (non-hydrogen) atoms. The minimum absolute atomic E-state index is 0.498. The van der Waals surface area contributed by atoms with Crippen LogP contribution in [0, 0.1) is 9.81 Å². The van der Waals surface area contributed by atoms with E-state index in [2.05, 4.69) is 4.74 Å². The molecule has 0 aromatic rings. The van der Waals surface area contributed by atoms with E-state index in [9.17, 15) is 54.5 Å². The monoisotopic (exact) mass is 332 g/mol. The van der Waals surface area contributed by atoms with E-state index < -0.39 is 35.9 Å². The second-order valence-electron chi connectivity index (χ2n) is 3.09. The van der Waals surface area contributed by atoms with E-state index >= 15 is 0 Å². The van der Waals surface area contributed by atoms with Crippen LogP contribution < -0.4 is 0 Å². The molecule has 0 radical (unpaired) electrons. The number of rotatable bonds is 6. The van der Waals surface area contributed by atoms with Crippen LogP contribution in [0.25, 0.3) is 0 Å². The molecule has 0 unspecified atom stereocenters. The highest BCUT2D eigenvalue weighted by atomic mass is 19.3. The smallest absolute Gasteiger partial charge is 0.384 e. The maximum absolute atomic E-state index is 12.5. The second kappa shape index (κ2) is 5.28. The van der Waals surface area contributed by atoms with Crippen molar-refractivity contribution in [1.82, 2.24) is 0 Å². The number of carbonyl (C=O) groups excluding carboxylic acids is 2. The van der Waals surface area contributed by atoms with Gasteiger partial charge in [0.1, 0.15) is 0 Å². The van der Waals surface area contributed by atoms with Gasteiger partial charge in [0.2, 0.25) is 0 Å². The standard InChI is InChI=1S/C6F8N2O5/c7-3(8,5(11,12)15-19)1(17)21-2(18)4(9,10)6(13,14)16-20. The Hall–Kier alpha value is -2.22. The molecule has 0 aliphatic heterocycles. The van der Waals surface area contributed by atoms with Crippen LogP contribution in [0.4, 0.5) is 35.1 Å². The number of nitrogens with zero attached hydrogens (tertiary/aromatic N) is 2. The zero-order chi connectivity index (χ0) is 17.3. The molecule has 0 fully saturated rings. The van der Waals surface area contributed by atoms with Crippen LogP contribution in [0.15, 0.2) is 10.4 Å². The van der Waals surface area contributed by atoms with E-state index in [0.29, 0.717) is 10.4 Å². The quantitative estimate of drug-likeness (QED) is 0.243. The highest BCUT2D eigenvalue weighted by molar-refractivity contribution is 5.93. The predicted octanol–water partition coefficient (Wildman–Crippen LogP) is 2.05. The SMILES string of the molecule is O=NC(F)(F)C(F)(F)C(=O)OC(=O)C(F)(F)C(F)(F)N=O. The van der Waals surface area contributed by atoms with E-state index in [4.69, 9.17) is 0 Å². The summed E-state index contributed by atoms with van der Waals surface area (Å²) in [5.41, 5.74) is 0. The van der Waals surface area contributed by atoms with Crippen molar-refractivity contribution in [1.29, 1.82) is 0 Å². The number of nitroso groups, excluding NO2 is 2. The summed E-state index contributed by atoms with van der Waals surface area (Å²) in [5.74, 6) is -19.9. The summed E-state index contributed by atoms with van der Waals surface area (Å²) >= 11 is 0. The molecule has 0 aromatic carbocycles. The Morgan fingerprint density at radius 3 is 1.10 bits per heavy atom. The molecule has 15 heteroatoms. The van der Waals surface area contributed by atoms with Crippen molar-refractivity contribution in [2.45, 2.75) is 23.9 Å². The average Bonchev–Trinajstić information content (AvgIpc) is 2.37. The van der Waals surface area contributed by atoms with Gasteiger partial charge in [0.25, 0.3) is 0 Å². The second-order valence-corrected chi connectivity index (χ2v) is 3.09. The van der Waals surface area contributed by atoms with Crippen LogP contribution in [-0.2, 0) is 14.3 Å². The van der Waals surface area contributed by atoms with Gasteiger partial charge in [-0.1, -0.05) is 0 Å². The molecule has 120 valence electrons. The van der Waals surface area contributed by atoms with Gasteiger partial charge in [-0.25, -0.2) is 9.59 Å². The molecule has 0 saturated heterocycles. The Bertz CT molecular complexity index is 436. The molecule has 0 amide bonds. The first-order chi connectivity index (χ1) is 9.17. The van der Waals surface area contributed by atoms with Crippen molar-refractivity contribution in [3.63, 3.8) is 0 Å². The summed E-state index contributed by atoms with van der Waals surface area (Å²) in [6.45, 7) is 0. The molecule has 0 atom stereocenters. The lowest BCUT2D eigenvalue weighted by Gasteiger charge is -2.21. The molecule has 0 aliphatic carbocycles. The zero-order valence-electron chi connectivity index (χ0n) is 8.96. The molecule has 0 rings (SSSR count). The summed E-state index contributed by atoms with van der Waals surface area (Å²) in [5, 5.41) is 0.996. The molecular formula is C6F8N2O5. The van der Waals surface area contributed by atoms with Crippen molar-refractivity contribution in [2.24, 2.45) is 10.4 Å². The third kappa shape index (κ3) is 3.10. The molecular weight excluding hydrogens is 332 g/mol. The zero-order valence-corrected chi connectivity index (χ0v) is 8.96. The third-order valence-corrected chi connectivity index (χ3v) is 1.68. The van der Waals surface area contributed by atoms with Crippen molar-refractivity contribution in [3.05, 3.63) is 9.81 Å². The van der Waals surface area contributed by atoms with Gasteiger partial charge in [0.15, 0.2) is 0 Å². The van der Waals surface area contributed by atoms with E-state index in [0.717, 1.165) is 0 Å². The van der Waals surface area contributed by atoms with Crippen LogP contribution in [0.5, 0.6) is 0 Å². The number of carbonyl (C=O) groups is 2. The fourth-order valence-electron chi connectivity index (χ4n) is 0.573. The number of alkyl halides is 8. The van der Waals surface area contributed by atoms with Gasteiger partial charge >= 0.3 is 35.9 Å². The molecule has 0 heterocycles. The van der Waals surface area contributed by atoms with Crippen LogP contribution >= 0.6 is 0 Å². The largest absolute Gasteiger partial charge is 0.450 e. The first-order valence-electron chi connectivity index (χ1n) is 4.14. The lowest BCUT2D eigenvalue weighted by molar-refractivity contribution is -0.243. The lowest BCUT2D eigenvalue weighted by atomic mass is 10.2. The Morgan fingerprint density at radius 2 is 0.905 bits per heavy atom. The minimum atomic E-state index is -6.20. The Labute approximate surface area is 107 Å². The van der Waals surface area contributed by atoms with Gasteiger partial charge in [-0.2, -0.15) is 35.1 Å². The highest BCUT2D eigenvalue weighted by Gasteiger charge is 2.70. The van der Waals surface area contributed by atoms with Gasteiger partial charge in [-0.05, 0) is 0 Å². The van der Waals surface area contributed by atoms with Crippen LogP contribution in [-0.4, -0.2) is 35.9 Å². The van der Waals surface area contributed by atoms with Crippen LogP contribution in [0.2, 0.25) is 0 Å². The van der Waals surface area contributed by atoms with Crippen molar-refractivity contribution < 1.29 is 49.4 Å². The fraction of sp³-hybridized carbons (Fsp3) is 0.667. The van der Waals surface area contributed by atoms with Gasteiger partial charge < -0.3 is 4.74 Å². The third-order valence-electron chi connectivity index (χ3n) is 1.68. The number of esters is 2. The van der Waals surface area contributed by atoms with E-state index in [-0.39, 0.29) is 0 Å². The topological polar surface area (TPSA) is 102 Å². The summed E-state index contributed by atoms with van der Waals surface area (Å²) in [7, 11) is 0. The summed E-state index contributed by atoms with van der Waals surface area (Å²) in [4.78, 5) is 39.5. The van der Waals surface area contributed by atoms with E-state index in [1.165, 1.54) is 0 Å². The minimum Gasteiger partial charge on any atom is -0.384 e. The molecule has 0 spiro atoms. The van der Waals surface area contributed by atoms with Crippen LogP contribution in [0.1, 0.15) is 0 Å². The normalized spacial score (nSPS) is 13.5. The Balaban J connectivity index is 5.34. The van der Waals surface area contributed by atoms with Crippen molar-refractivity contribution >= 4 is 11.9 Å². The number of hydrogen-bond acceptors (Lipinski definition) is 7. The molecule has 0 aliphatic rings. The molecule has 0 N–H and O–H groups in total. The highest BCUT2D eigenvalue weighted by Crippen LogP contribution is 2.39. The molecule has 0 bridgehead atoms. The Morgan fingerprint density at radius 1 is 0.667 bits per heavy atom. The van der Waals surface area contributed by atoms with Crippen molar-refractivity contribution in [2.75, 3.05) is 0 Å². The van der Waals surface area contributed by atoms with E-state index in [1.807, 2.05) is 0 Å². The first kappa shape index (κ1) is 18.8. The van der Waals surface area contributed by atoms with Gasteiger partial charge in [-0.15, -0.1) is 9.81 Å². The van der Waals surface area contributed by atoms with Gasteiger partial charge in [0.05, 0.1) is 0 Å². The predicted molar refractivity (Wildman–Crippen MR) is 42.5 cm³/mol. The number of hydrogen-bond donors (Lipinski definition) is 0. The fourth-order valence-corrected chi connectivity index (χ4v) is 0.573. The van der Waals surface area contributed by atoms with Crippen LogP contribution in [0.3, 0.4) is 0 Å². The Kier molecular flexibility index (Phi) is 4.73. The van der Waals surface area contributed by atoms with Gasteiger partial charge in [-0.3, -0.25) is 0 Å².